The quantitative estimate of drug-likeness (QED) is 0.560. The lowest BCUT2D eigenvalue weighted by atomic mass is 10.0. The Morgan fingerprint density at radius 2 is 2.04 bits per heavy atom. The molecule has 0 fully saturated rings. The van der Waals surface area contributed by atoms with Crippen molar-refractivity contribution in [2.75, 3.05) is 0 Å². The molecule has 2 N–H and O–H groups in total. The topological polar surface area (TPSA) is 48.9 Å². The van der Waals surface area contributed by atoms with Crippen LogP contribution in [0.5, 0.6) is 5.75 Å². The Morgan fingerprint density at radius 3 is 2.64 bits per heavy atom. The molecule has 2 rings (SSSR count). The molecule has 0 atom stereocenters. The van der Waals surface area contributed by atoms with Crippen LogP contribution in [-0.2, 0) is 0 Å². The Labute approximate surface area is 142 Å². The van der Waals surface area contributed by atoms with Gasteiger partial charge in [-0.05, 0) is 42.3 Å². The molecule has 0 aliphatic heterocycles. The minimum Gasteiger partial charge on any atom is -0.507 e. The Kier molecular flexibility index (Phi) is 5.46. The number of H-pyrrole nitrogens is 1. The van der Waals surface area contributed by atoms with Gasteiger partial charge in [0, 0.05) is 5.56 Å². The third-order valence-corrected chi connectivity index (χ3v) is 3.52. The molecule has 0 bridgehead atoms. The molecule has 0 radical (unpaired) electrons. The van der Waals surface area contributed by atoms with E-state index in [0.29, 0.717) is 0 Å². The molecular formula is C18H16F4N2O. The van der Waals surface area contributed by atoms with Crippen LogP contribution in [0, 0.1) is 5.82 Å². The van der Waals surface area contributed by atoms with Crippen LogP contribution in [-0.4, -0.2) is 21.5 Å². The SMILES string of the molecule is C=C/C=C\C(=C(/CC)c1cc(-c2cc(F)ccc2O)[nH]n1)C(F)(F)F. The highest BCUT2D eigenvalue weighted by molar-refractivity contribution is 5.75. The monoisotopic (exact) mass is 352 g/mol. The standard InChI is InChI=1S/C18H16F4N2O/c1-3-5-6-14(18(20,21)22)12(4-2)15-10-16(24-23-15)13-9-11(19)7-8-17(13)25/h3,5-10,25H,1,4H2,2H3,(H,23,24)/b6-5-,14-12-. The van der Waals surface area contributed by atoms with Crippen LogP contribution in [0.15, 0.2) is 54.6 Å². The summed E-state index contributed by atoms with van der Waals surface area (Å²) in [6.45, 7) is 4.95. The van der Waals surface area contributed by atoms with Gasteiger partial charge in [0.15, 0.2) is 0 Å². The molecule has 1 aromatic carbocycles. The van der Waals surface area contributed by atoms with Crippen molar-refractivity contribution in [2.24, 2.45) is 0 Å². The van der Waals surface area contributed by atoms with Crippen LogP contribution in [0.4, 0.5) is 17.6 Å². The molecule has 0 amide bonds. The highest BCUT2D eigenvalue weighted by atomic mass is 19.4. The minimum absolute atomic E-state index is 0.0241. The number of benzene rings is 1. The fourth-order valence-corrected chi connectivity index (χ4v) is 2.38. The lowest BCUT2D eigenvalue weighted by molar-refractivity contribution is -0.0877. The number of phenols is 1. The first-order chi connectivity index (χ1) is 11.8. The smallest absolute Gasteiger partial charge is 0.416 e. The summed E-state index contributed by atoms with van der Waals surface area (Å²) < 4.78 is 53.4. The summed E-state index contributed by atoms with van der Waals surface area (Å²) in [6, 6.07) is 4.66. The van der Waals surface area contributed by atoms with Crippen molar-refractivity contribution >= 4 is 5.57 Å². The molecule has 0 spiro atoms. The highest BCUT2D eigenvalue weighted by Crippen LogP contribution is 2.36. The van der Waals surface area contributed by atoms with E-state index in [4.69, 9.17) is 0 Å². The number of allylic oxidation sites excluding steroid dienone is 5. The van der Waals surface area contributed by atoms with E-state index >= 15 is 0 Å². The maximum absolute atomic E-state index is 13.4. The van der Waals surface area contributed by atoms with E-state index in [-0.39, 0.29) is 34.7 Å². The van der Waals surface area contributed by atoms with Gasteiger partial charge in [0.1, 0.15) is 11.6 Å². The first-order valence-electron chi connectivity index (χ1n) is 7.42. The average molecular weight is 352 g/mol. The number of hydrogen-bond acceptors (Lipinski definition) is 2. The Morgan fingerprint density at radius 1 is 1.32 bits per heavy atom. The second-order valence-corrected chi connectivity index (χ2v) is 5.17. The molecule has 3 nitrogen and oxygen atoms in total. The average Bonchev–Trinajstić information content (AvgIpc) is 3.02. The van der Waals surface area contributed by atoms with E-state index in [2.05, 4.69) is 16.8 Å². The lowest BCUT2D eigenvalue weighted by Gasteiger charge is -2.12. The van der Waals surface area contributed by atoms with Gasteiger partial charge in [0.05, 0.1) is 17.0 Å². The molecule has 1 heterocycles. The summed E-state index contributed by atoms with van der Waals surface area (Å²) in [5, 5.41) is 16.3. The fourth-order valence-electron chi connectivity index (χ4n) is 2.38. The minimum atomic E-state index is -4.56. The zero-order chi connectivity index (χ0) is 18.6. The predicted octanol–water partition coefficient (Wildman–Crippen LogP) is 5.39. The van der Waals surface area contributed by atoms with Gasteiger partial charge in [-0.3, -0.25) is 5.10 Å². The Bertz CT molecular complexity index is 832. The number of hydrogen-bond donors (Lipinski definition) is 2. The number of nitrogens with zero attached hydrogens (tertiary/aromatic N) is 1. The number of phenolic OH excluding ortho intramolecular Hbond substituents is 1. The molecular weight excluding hydrogens is 336 g/mol. The zero-order valence-electron chi connectivity index (χ0n) is 13.4. The predicted molar refractivity (Wildman–Crippen MR) is 88.2 cm³/mol. The molecule has 2 aromatic rings. The van der Waals surface area contributed by atoms with Crippen LogP contribution in [0.25, 0.3) is 16.8 Å². The number of alkyl halides is 3. The number of aromatic amines is 1. The normalized spacial score (nSPS) is 13.2. The largest absolute Gasteiger partial charge is 0.507 e. The highest BCUT2D eigenvalue weighted by Gasteiger charge is 2.34. The zero-order valence-corrected chi connectivity index (χ0v) is 13.4. The summed E-state index contributed by atoms with van der Waals surface area (Å²) in [7, 11) is 0. The van der Waals surface area contributed by atoms with Crippen molar-refractivity contribution in [3.63, 3.8) is 0 Å². The molecule has 0 aliphatic carbocycles. The van der Waals surface area contributed by atoms with Gasteiger partial charge in [-0.15, -0.1) is 0 Å². The van der Waals surface area contributed by atoms with E-state index in [9.17, 15) is 22.7 Å². The van der Waals surface area contributed by atoms with Gasteiger partial charge in [0.25, 0.3) is 0 Å². The summed E-state index contributed by atoms with van der Waals surface area (Å²) in [6.07, 6.45) is -1.11. The Hall–Kier alpha value is -2.83. The van der Waals surface area contributed by atoms with Crippen LogP contribution in [0.2, 0.25) is 0 Å². The Balaban J connectivity index is 2.58. The second-order valence-electron chi connectivity index (χ2n) is 5.17. The summed E-state index contributed by atoms with van der Waals surface area (Å²) >= 11 is 0. The van der Waals surface area contributed by atoms with Crippen molar-refractivity contribution in [2.45, 2.75) is 19.5 Å². The lowest BCUT2D eigenvalue weighted by Crippen LogP contribution is -2.12. The third kappa shape index (κ3) is 4.17. The van der Waals surface area contributed by atoms with Crippen LogP contribution < -0.4 is 0 Å². The van der Waals surface area contributed by atoms with E-state index < -0.39 is 17.6 Å². The summed E-state index contributed by atoms with van der Waals surface area (Å²) in [5.74, 6) is -0.790. The van der Waals surface area contributed by atoms with Crippen molar-refractivity contribution in [3.8, 4) is 17.0 Å². The number of halogens is 4. The van der Waals surface area contributed by atoms with Gasteiger partial charge >= 0.3 is 6.18 Å². The molecule has 25 heavy (non-hydrogen) atoms. The van der Waals surface area contributed by atoms with E-state index in [1.54, 1.807) is 6.92 Å². The molecule has 0 aliphatic rings. The third-order valence-electron chi connectivity index (χ3n) is 3.52. The van der Waals surface area contributed by atoms with Crippen molar-refractivity contribution in [3.05, 3.63) is 66.2 Å². The van der Waals surface area contributed by atoms with Crippen molar-refractivity contribution in [1.29, 1.82) is 0 Å². The molecule has 7 heteroatoms. The second kappa shape index (κ2) is 7.38. The van der Waals surface area contributed by atoms with Gasteiger partial charge in [0.2, 0.25) is 0 Å². The summed E-state index contributed by atoms with van der Waals surface area (Å²) in [5.41, 5.74) is -0.459. The van der Waals surface area contributed by atoms with Gasteiger partial charge < -0.3 is 5.11 Å². The molecule has 0 saturated heterocycles. The molecule has 0 unspecified atom stereocenters. The van der Waals surface area contributed by atoms with Crippen molar-refractivity contribution in [1.82, 2.24) is 10.2 Å². The molecule has 1 aromatic heterocycles. The van der Waals surface area contributed by atoms with E-state index in [1.807, 2.05) is 0 Å². The van der Waals surface area contributed by atoms with E-state index in [1.165, 1.54) is 18.2 Å². The first-order valence-corrected chi connectivity index (χ1v) is 7.42. The van der Waals surface area contributed by atoms with Gasteiger partial charge in [-0.25, -0.2) is 4.39 Å². The van der Waals surface area contributed by atoms with Crippen molar-refractivity contribution < 1.29 is 22.7 Å². The first kappa shape index (κ1) is 18.5. The number of aromatic hydroxyl groups is 1. The van der Waals surface area contributed by atoms with Crippen LogP contribution >= 0.6 is 0 Å². The maximum Gasteiger partial charge on any atom is 0.416 e. The van der Waals surface area contributed by atoms with E-state index in [0.717, 1.165) is 24.3 Å². The van der Waals surface area contributed by atoms with Gasteiger partial charge in [-0.1, -0.05) is 25.7 Å². The van der Waals surface area contributed by atoms with Crippen LogP contribution in [0.3, 0.4) is 0 Å². The molecule has 0 saturated carbocycles. The van der Waals surface area contributed by atoms with Gasteiger partial charge in [-0.2, -0.15) is 18.3 Å². The van der Waals surface area contributed by atoms with Crippen LogP contribution in [0.1, 0.15) is 19.0 Å². The number of aromatic nitrogens is 2. The number of rotatable bonds is 5. The maximum atomic E-state index is 13.4. The summed E-state index contributed by atoms with van der Waals surface area (Å²) in [4.78, 5) is 0. The number of nitrogens with one attached hydrogen (secondary N) is 1. The molecule has 132 valence electrons. The fraction of sp³-hybridized carbons (Fsp3) is 0.167.